The highest BCUT2D eigenvalue weighted by molar-refractivity contribution is 7.92. The van der Waals surface area contributed by atoms with Crippen LogP contribution in [-0.2, 0) is 25.9 Å². The van der Waals surface area contributed by atoms with Gasteiger partial charge in [0, 0.05) is 12.2 Å². The maximum absolute atomic E-state index is 13.2. The first kappa shape index (κ1) is 28.1. The summed E-state index contributed by atoms with van der Waals surface area (Å²) in [7, 11) is -7.69. The molecule has 1 amide bonds. The van der Waals surface area contributed by atoms with Gasteiger partial charge in [0.1, 0.15) is 5.69 Å². The quantitative estimate of drug-likeness (QED) is 0.553. The van der Waals surface area contributed by atoms with Gasteiger partial charge >= 0.3 is 6.18 Å². The summed E-state index contributed by atoms with van der Waals surface area (Å²) in [4.78, 5) is 16.0. The van der Waals surface area contributed by atoms with Crippen LogP contribution in [0, 0.1) is 12.8 Å². The summed E-state index contributed by atoms with van der Waals surface area (Å²) in [5, 5.41) is 1.62. The van der Waals surface area contributed by atoms with Gasteiger partial charge in [-0.15, -0.1) is 0 Å². The summed E-state index contributed by atoms with van der Waals surface area (Å²) in [5.74, 6) is -1.00. The number of nitrogens with zero attached hydrogens (tertiary/aromatic N) is 1. The SMILES string of the molecule is Cc1cccc(S(=O)(=O)CC2CCC(NC(=O)c3ncc(C(F)(F)F)cc3S(=O)(=O)C(C)C)CC2)c1. The smallest absolute Gasteiger partial charge is 0.348 e. The number of amides is 1. The van der Waals surface area contributed by atoms with Gasteiger partial charge in [-0.2, -0.15) is 13.2 Å². The highest BCUT2D eigenvalue weighted by atomic mass is 32.2. The van der Waals surface area contributed by atoms with Gasteiger partial charge < -0.3 is 5.32 Å². The van der Waals surface area contributed by atoms with Crippen LogP contribution in [0.4, 0.5) is 13.2 Å². The highest BCUT2D eigenvalue weighted by Crippen LogP contribution is 2.32. The fourth-order valence-corrected chi connectivity index (χ4v) is 7.20. The van der Waals surface area contributed by atoms with Crippen LogP contribution in [0.25, 0.3) is 0 Å². The van der Waals surface area contributed by atoms with Gasteiger partial charge in [0.25, 0.3) is 5.91 Å². The van der Waals surface area contributed by atoms with E-state index in [0.717, 1.165) is 5.56 Å². The fraction of sp³-hybridized carbons (Fsp3) is 0.500. The van der Waals surface area contributed by atoms with E-state index in [-0.39, 0.29) is 22.6 Å². The molecular weight excluding hydrogens is 517 g/mol. The molecule has 0 spiro atoms. The average molecular weight is 547 g/mol. The summed E-state index contributed by atoms with van der Waals surface area (Å²) < 4.78 is 90.4. The maximum atomic E-state index is 13.2. The van der Waals surface area contributed by atoms with Crippen LogP contribution in [-0.4, -0.2) is 44.8 Å². The molecule has 0 saturated heterocycles. The van der Waals surface area contributed by atoms with Gasteiger partial charge in [-0.3, -0.25) is 4.79 Å². The monoisotopic (exact) mass is 546 g/mol. The topological polar surface area (TPSA) is 110 Å². The molecule has 1 aromatic carbocycles. The summed E-state index contributed by atoms with van der Waals surface area (Å²) in [6, 6.07) is 6.77. The lowest BCUT2D eigenvalue weighted by Gasteiger charge is -2.29. The molecule has 0 unspecified atom stereocenters. The van der Waals surface area contributed by atoms with E-state index in [1.165, 1.54) is 13.8 Å². The molecule has 1 aliphatic carbocycles. The van der Waals surface area contributed by atoms with Crippen molar-refractivity contribution >= 4 is 25.6 Å². The molecule has 1 aromatic heterocycles. The van der Waals surface area contributed by atoms with Gasteiger partial charge in [-0.05, 0) is 76.1 Å². The van der Waals surface area contributed by atoms with Crippen molar-refractivity contribution in [3.63, 3.8) is 0 Å². The minimum Gasteiger partial charge on any atom is -0.348 e. The largest absolute Gasteiger partial charge is 0.417 e. The van der Waals surface area contributed by atoms with Gasteiger partial charge in [-0.25, -0.2) is 21.8 Å². The molecule has 1 heterocycles. The second-order valence-corrected chi connectivity index (χ2v) is 14.0. The number of carbonyl (C=O) groups excluding carboxylic acids is 1. The molecule has 0 radical (unpaired) electrons. The Morgan fingerprint density at radius 1 is 1.08 bits per heavy atom. The Morgan fingerprint density at radius 2 is 1.72 bits per heavy atom. The zero-order chi connectivity index (χ0) is 26.9. The number of hydrogen-bond acceptors (Lipinski definition) is 6. The van der Waals surface area contributed by atoms with Crippen LogP contribution in [0.15, 0.2) is 46.3 Å². The summed E-state index contributed by atoms with van der Waals surface area (Å²) >= 11 is 0. The first-order valence-electron chi connectivity index (χ1n) is 11.5. The van der Waals surface area contributed by atoms with E-state index in [9.17, 15) is 34.8 Å². The standard InChI is InChI=1S/C24H29F3N2O5S2/c1-15(2)36(33,34)21-12-18(24(25,26)27)13-28-22(21)23(30)29-19-9-7-17(8-10-19)14-35(31,32)20-6-4-5-16(3)11-20/h4-6,11-13,15,17,19H,7-10,14H2,1-3H3,(H,29,30). The van der Waals surface area contributed by atoms with E-state index in [1.807, 2.05) is 13.0 Å². The van der Waals surface area contributed by atoms with Gasteiger partial charge in [0.2, 0.25) is 0 Å². The average Bonchev–Trinajstić information content (AvgIpc) is 2.79. The minimum absolute atomic E-state index is 0.0195. The molecule has 0 aliphatic heterocycles. The van der Waals surface area contributed by atoms with E-state index in [0.29, 0.717) is 37.9 Å². The third-order valence-electron chi connectivity index (χ3n) is 6.31. The Morgan fingerprint density at radius 3 is 2.28 bits per heavy atom. The molecule has 0 atom stereocenters. The molecule has 1 saturated carbocycles. The van der Waals surface area contributed by atoms with Crippen molar-refractivity contribution in [2.24, 2.45) is 5.92 Å². The van der Waals surface area contributed by atoms with Crippen LogP contribution in [0.2, 0.25) is 0 Å². The van der Waals surface area contributed by atoms with Crippen molar-refractivity contribution in [2.75, 3.05) is 5.75 Å². The number of sulfone groups is 2. The third kappa shape index (κ3) is 6.44. The maximum Gasteiger partial charge on any atom is 0.417 e. The molecule has 1 fully saturated rings. The first-order chi connectivity index (χ1) is 16.6. The Kier molecular flexibility index (Phi) is 8.19. The van der Waals surface area contributed by atoms with Crippen molar-refractivity contribution < 1.29 is 34.8 Å². The summed E-state index contributed by atoms with van der Waals surface area (Å²) in [5.41, 5.74) is -0.993. The highest BCUT2D eigenvalue weighted by Gasteiger charge is 2.36. The number of halogens is 3. The summed E-state index contributed by atoms with van der Waals surface area (Å²) in [6.45, 7) is 4.43. The molecule has 36 heavy (non-hydrogen) atoms. The van der Waals surface area contributed by atoms with Crippen molar-refractivity contribution in [3.8, 4) is 0 Å². The Hall–Kier alpha value is -2.47. The lowest BCUT2D eigenvalue weighted by molar-refractivity contribution is -0.138. The zero-order valence-corrected chi connectivity index (χ0v) is 21.8. The van der Waals surface area contributed by atoms with Crippen LogP contribution in [0.5, 0.6) is 0 Å². The normalized spacial score (nSPS) is 19.3. The number of nitrogens with one attached hydrogen (secondary N) is 1. The Labute approximate surface area is 209 Å². The Bertz CT molecular complexity index is 1330. The molecule has 0 bridgehead atoms. The molecule has 12 heteroatoms. The van der Waals surface area contributed by atoms with Gasteiger partial charge in [0.15, 0.2) is 19.7 Å². The number of rotatable bonds is 7. The number of aryl methyl sites for hydroxylation is 1. The van der Waals surface area contributed by atoms with E-state index in [2.05, 4.69) is 10.3 Å². The molecule has 2 aromatic rings. The second-order valence-electron chi connectivity index (χ2n) is 9.45. The lowest BCUT2D eigenvalue weighted by Crippen LogP contribution is -2.39. The third-order valence-corrected chi connectivity index (χ3v) is 10.4. The van der Waals surface area contributed by atoms with E-state index in [1.54, 1.807) is 18.2 Å². The minimum atomic E-state index is -4.82. The number of alkyl halides is 3. The fourth-order valence-electron chi connectivity index (χ4n) is 4.18. The van der Waals surface area contributed by atoms with Crippen LogP contribution >= 0.6 is 0 Å². The predicted molar refractivity (Wildman–Crippen MR) is 128 cm³/mol. The molecule has 7 nitrogen and oxygen atoms in total. The van der Waals surface area contributed by atoms with Crippen LogP contribution in [0.1, 0.15) is 61.1 Å². The molecule has 198 valence electrons. The van der Waals surface area contributed by atoms with E-state index >= 15 is 0 Å². The second kappa shape index (κ2) is 10.5. The molecular formula is C24H29F3N2O5S2. The van der Waals surface area contributed by atoms with Gasteiger partial charge in [-0.1, -0.05) is 12.1 Å². The van der Waals surface area contributed by atoms with Gasteiger partial charge in [0.05, 0.1) is 26.4 Å². The van der Waals surface area contributed by atoms with Crippen molar-refractivity contribution in [2.45, 2.75) is 73.7 Å². The number of pyridine rings is 1. The van der Waals surface area contributed by atoms with Crippen molar-refractivity contribution in [1.29, 1.82) is 0 Å². The van der Waals surface area contributed by atoms with E-state index < -0.39 is 53.2 Å². The number of hydrogen-bond donors (Lipinski definition) is 1. The van der Waals surface area contributed by atoms with Crippen LogP contribution < -0.4 is 5.32 Å². The molecule has 1 aliphatic rings. The number of aromatic nitrogens is 1. The summed E-state index contributed by atoms with van der Waals surface area (Å²) in [6.07, 6.45) is -2.43. The van der Waals surface area contributed by atoms with E-state index in [4.69, 9.17) is 0 Å². The Balaban J connectivity index is 1.71. The number of carbonyl (C=O) groups is 1. The molecule has 1 N–H and O–H groups in total. The predicted octanol–water partition coefficient (Wildman–Crippen LogP) is 4.35. The first-order valence-corrected chi connectivity index (χ1v) is 14.7. The lowest BCUT2D eigenvalue weighted by atomic mass is 9.87. The molecule has 3 rings (SSSR count). The number of benzene rings is 1. The van der Waals surface area contributed by atoms with Crippen LogP contribution in [0.3, 0.4) is 0 Å². The zero-order valence-electron chi connectivity index (χ0n) is 20.2. The van der Waals surface area contributed by atoms with Crippen molar-refractivity contribution in [3.05, 3.63) is 53.3 Å². The van der Waals surface area contributed by atoms with Crippen molar-refractivity contribution in [1.82, 2.24) is 10.3 Å².